The van der Waals surface area contributed by atoms with Gasteiger partial charge in [-0.25, -0.2) is 4.98 Å². The Labute approximate surface area is 100 Å². The highest BCUT2D eigenvalue weighted by atomic mass is 16.1. The summed E-state index contributed by atoms with van der Waals surface area (Å²) in [6.45, 7) is 1.51. The van der Waals surface area contributed by atoms with Gasteiger partial charge in [0, 0.05) is 31.0 Å². The highest BCUT2D eigenvalue weighted by Crippen LogP contribution is 1.97. The van der Waals surface area contributed by atoms with Crippen molar-refractivity contribution in [2.24, 2.45) is 0 Å². The van der Waals surface area contributed by atoms with Crippen molar-refractivity contribution >= 4 is 5.91 Å². The largest absolute Gasteiger partial charge is 0.352 e. The number of amides is 1. The van der Waals surface area contributed by atoms with Crippen LogP contribution in [0.2, 0.25) is 0 Å². The first-order valence-corrected chi connectivity index (χ1v) is 5.57. The van der Waals surface area contributed by atoms with E-state index in [1.165, 1.54) is 0 Å². The smallest absolute Gasteiger partial charge is 0.251 e. The molecule has 0 aliphatic carbocycles. The predicted molar refractivity (Wildman–Crippen MR) is 64.5 cm³/mol. The van der Waals surface area contributed by atoms with Gasteiger partial charge in [0.2, 0.25) is 0 Å². The second kappa shape index (κ2) is 5.84. The number of imidazole rings is 1. The molecule has 17 heavy (non-hydrogen) atoms. The van der Waals surface area contributed by atoms with Crippen LogP contribution in [-0.2, 0) is 6.54 Å². The molecule has 1 aromatic heterocycles. The fraction of sp³-hybridized carbons (Fsp3) is 0.231. The van der Waals surface area contributed by atoms with Crippen molar-refractivity contribution < 1.29 is 4.79 Å². The van der Waals surface area contributed by atoms with Gasteiger partial charge in [0.15, 0.2) is 0 Å². The highest BCUT2D eigenvalue weighted by molar-refractivity contribution is 5.93. The van der Waals surface area contributed by atoms with Gasteiger partial charge in [0.05, 0.1) is 6.33 Å². The molecule has 0 unspecified atom stereocenters. The Morgan fingerprint density at radius 3 is 3.12 bits per heavy atom. The standard InChI is InChI=1S/C13H14N3O/c17-13(12-5-2-1-3-6-12)15-7-4-9-16-10-8-14-11-16/h1-3,5,8,10-11H,4,7,9H2,(H,15,17). The van der Waals surface area contributed by atoms with Gasteiger partial charge in [-0.05, 0) is 18.6 Å². The van der Waals surface area contributed by atoms with Crippen LogP contribution in [0, 0.1) is 6.07 Å². The maximum Gasteiger partial charge on any atom is 0.251 e. The van der Waals surface area contributed by atoms with E-state index >= 15 is 0 Å². The minimum atomic E-state index is -0.0729. The van der Waals surface area contributed by atoms with Gasteiger partial charge < -0.3 is 9.88 Å². The highest BCUT2D eigenvalue weighted by Gasteiger charge is 2.02. The zero-order valence-electron chi connectivity index (χ0n) is 9.47. The predicted octanol–water partition coefficient (Wildman–Crippen LogP) is 1.50. The van der Waals surface area contributed by atoms with Gasteiger partial charge in [0.1, 0.15) is 0 Å². The first kappa shape index (κ1) is 11.4. The Hall–Kier alpha value is -2.10. The molecule has 0 aliphatic rings. The SMILES string of the molecule is O=C(NCCCn1ccnc1)c1[c]cccc1. The molecule has 1 N–H and O–H groups in total. The van der Waals surface area contributed by atoms with E-state index in [2.05, 4.69) is 16.4 Å². The average molecular weight is 228 g/mol. The summed E-state index contributed by atoms with van der Waals surface area (Å²) in [4.78, 5) is 15.6. The van der Waals surface area contributed by atoms with Crippen molar-refractivity contribution in [3.8, 4) is 0 Å². The minimum absolute atomic E-state index is 0.0729. The molecule has 0 aliphatic heterocycles. The van der Waals surface area contributed by atoms with Crippen LogP contribution in [-0.4, -0.2) is 22.0 Å². The van der Waals surface area contributed by atoms with Crippen molar-refractivity contribution in [3.05, 3.63) is 54.6 Å². The molecule has 1 amide bonds. The van der Waals surface area contributed by atoms with Crippen molar-refractivity contribution in [3.63, 3.8) is 0 Å². The van der Waals surface area contributed by atoms with Crippen LogP contribution < -0.4 is 5.32 Å². The third-order valence-electron chi connectivity index (χ3n) is 2.39. The van der Waals surface area contributed by atoms with Crippen molar-refractivity contribution in [2.75, 3.05) is 6.54 Å². The van der Waals surface area contributed by atoms with Crippen LogP contribution in [0.3, 0.4) is 0 Å². The molecule has 4 heteroatoms. The maximum absolute atomic E-state index is 11.6. The van der Waals surface area contributed by atoms with E-state index in [0.717, 1.165) is 13.0 Å². The fourth-order valence-corrected chi connectivity index (χ4v) is 1.51. The van der Waals surface area contributed by atoms with Crippen molar-refractivity contribution in [1.29, 1.82) is 0 Å². The summed E-state index contributed by atoms with van der Waals surface area (Å²) in [5.74, 6) is -0.0729. The molecule has 2 rings (SSSR count). The van der Waals surface area contributed by atoms with E-state index in [1.807, 2.05) is 22.9 Å². The minimum Gasteiger partial charge on any atom is -0.352 e. The zero-order valence-corrected chi connectivity index (χ0v) is 9.47. The van der Waals surface area contributed by atoms with E-state index in [1.54, 1.807) is 24.7 Å². The van der Waals surface area contributed by atoms with Gasteiger partial charge >= 0.3 is 0 Å². The zero-order chi connectivity index (χ0) is 11.9. The van der Waals surface area contributed by atoms with Gasteiger partial charge in [0.25, 0.3) is 5.91 Å². The lowest BCUT2D eigenvalue weighted by Gasteiger charge is -2.05. The number of nitrogens with zero attached hydrogens (tertiary/aromatic N) is 2. The summed E-state index contributed by atoms with van der Waals surface area (Å²) in [6, 6.07) is 10.1. The second-order valence-corrected chi connectivity index (χ2v) is 3.69. The first-order chi connectivity index (χ1) is 8.36. The fourth-order valence-electron chi connectivity index (χ4n) is 1.51. The van der Waals surface area contributed by atoms with Crippen LogP contribution in [0.5, 0.6) is 0 Å². The summed E-state index contributed by atoms with van der Waals surface area (Å²) in [6.07, 6.45) is 6.31. The molecule has 0 fully saturated rings. The van der Waals surface area contributed by atoms with Crippen LogP contribution in [0.4, 0.5) is 0 Å². The number of hydrogen-bond acceptors (Lipinski definition) is 2. The molecule has 1 heterocycles. The number of aryl methyl sites for hydroxylation is 1. The number of benzene rings is 1. The van der Waals surface area contributed by atoms with Crippen LogP contribution >= 0.6 is 0 Å². The third kappa shape index (κ3) is 3.45. The number of rotatable bonds is 5. The number of carbonyl (C=O) groups is 1. The van der Waals surface area contributed by atoms with Crippen molar-refractivity contribution in [2.45, 2.75) is 13.0 Å². The maximum atomic E-state index is 11.6. The number of nitrogens with one attached hydrogen (secondary N) is 1. The van der Waals surface area contributed by atoms with E-state index < -0.39 is 0 Å². The van der Waals surface area contributed by atoms with Crippen LogP contribution in [0.1, 0.15) is 16.8 Å². The molecule has 2 aromatic rings. The van der Waals surface area contributed by atoms with Gasteiger partial charge in [-0.2, -0.15) is 0 Å². The molecule has 0 bridgehead atoms. The molecular weight excluding hydrogens is 214 g/mol. The Balaban J connectivity index is 1.70. The molecule has 1 radical (unpaired) electrons. The summed E-state index contributed by atoms with van der Waals surface area (Å²) in [5, 5.41) is 2.86. The molecule has 1 aromatic carbocycles. The average Bonchev–Trinajstić information content (AvgIpc) is 2.88. The van der Waals surface area contributed by atoms with Crippen LogP contribution in [0.15, 0.2) is 43.0 Å². The number of carbonyl (C=O) groups excluding carboxylic acids is 1. The second-order valence-electron chi connectivity index (χ2n) is 3.69. The summed E-state index contributed by atoms with van der Waals surface area (Å²) < 4.78 is 1.99. The van der Waals surface area contributed by atoms with Gasteiger partial charge in [-0.15, -0.1) is 0 Å². The first-order valence-electron chi connectivity index (χ1n) is 5.57. The molecule has 4 nitrogen and oxygen atoms in total. The number of aromatic nitrogens is 2. The van der Waals surface area contributed by atoms with Crippen molar-refractivity contribution in [1.82, 2.24) is 14.9 Å². The normalized spacial score (nSPS) is 10.1. The monoisotopic (exact) mass is 228 g/mol. The molecular formula is C13H14N3O. The lowest BCUT2D eigenvalue weighted by Crippen LogP contribution is -2.25. The van der Waals surface area contributed by atoms with E-state index in [-0.39, 0.29) is 5.91 Å². The number of hydrogen-bond donors (Lipinski definition) is 1. The Bertz CT molecular complexity index is 451. The molecule has 0 saturated carbocycles. The van der Waals surface area contributed by atoms with E-state index in [0.29, 0.717) is 12.1 Å². The third-order valence-corrected chi connectivity index (χ3v) is 2.39. The topological polar surface area (TPSA) is 46.9 Å². The molecule has 0 spiro atoms. The lowest BCUT2D eigenvalue weighted by molar-refractivity contribution is 0.0952. The molecule has 87 valence electrons. The van der Waals surface area contributed by atoms with Gasteiger partial charge in [-0.1, -0.05) is 18.2 Å². The summed E-state index contributed by atoms with van der Waals surface area (Å²) >= 11 is 0. The quantitative estimate of drug-likeness (QED) is 0.788. The lowest BCUT2D eigenvalue weighted by atomic mass is 10.2. The summed E-state index contributed by atoms with van der Waals surface area (Å²) in [5.41, 5.74) is 0.579. The van der Waals surface area contributed by atoms with Crippen LogP contribution in [0.25, 0.3) is 0 Å². The summed E-state index contributed by atoms with van der Waals surface area (Å²) in [7, 11) is 0. The van der Waals surface area contributed by atoms with E-state index in [9.17, 15) is 4.79 Å². The van der Waals surface area contributed by atoms with E-state index in [4.69, 9.17) is 0 Å². The molecule has 0 saturated heterocycles. The Morgan fingerprint density at radius 1 is 1.47 bits per heavy atom. The molecule has 0 atom stereocenters. The Kier molecular flexibility index (Phi) is 3.91. The Morgan fingerprint density at radius 2 is 2.41 bits per heavy atom. The van der Waals surface area contributed by atoms with Gasteiger partial charge in [-0.3, -0.25) is 4.79 Å².